The van der Waals surface area contributed by atoms with Crippen LogP contribution >= 0.6 is 11.3 Å². The van der Waals surface area contributed by atoms with Crippen LogP contribution in [0.4, 0.5) is 4.39 Å². The van der Waals surface area contributed by atoms with Gasteiger partial charge in [0.05, 0.1) is 0 Å². The van der Waals surface area contributed by atoms with Crippen LogP contribution in [0.1, 0.15) is 0 Å². The van der Waals surface area contributed by atoms with Gasteiger partial charge in [0.1, 0.15) is 21.4 Å². The molecule has 9 heteroatoms. The van der Waals surface area contributed by atoms with Crippen molar-refractivity contribution in [1.29, 1.82) is 0 Å². The lowest BCUT2D eigenvalue weighted by molar-refractivity contribution is 0.576. The molecular weight excluding hydrogens is 387 g/mol. The first-order chi connectivity index (χ1) is 13.0. The number of sulfonamides is 1. The summed E-state index contributed by atoms with van der Waals surface area (Å²) in [6.07, 6.45) is 1.66. The number of hydrogen-bond acceptors (Lipinski definition) is 5. The van der Waals surface area contributed by atoms with E-state index in [2.05, 4.69) is 14.7 Å². The number of halogens is 1. The van der Waals surface area contributed by atoms with Crippen molar-refractivity contribution in [2.75, 3.05) is 6.54 Å². The topological polar surface area (TPSA) is 76.9 Å². The van der Waals surface area contributed by atoms with Gasteiger partial charge < -0.3 is 4.57 Å². The Hall–Kier alpha value is -2.62. The minimum Gasteiger partial charge on any atom is -0.307 e. The summed E-state index contributed by atoms with van der Waals surface area (Å²) in [5.41, 5.74) is 2.07. The normalized spacial score (nSPS) is 11.9. The zero-order valence-electron chi connectivity index (χ0n) is 14.0. The van der Waals surface area contributed by atoms with Gasteiger partial charge in [-0.05, 0) is 47.8 Å². The lowest BCUT2D eigenvalue weighted by Gasteiger charge is -2.10. The molecule has 0 saturated heterocycles. The Balaban J connectivity index is 1.64. The maximum Gasteiger partial charge on any atom is 0.250 e. The zero-order valence-corrected chi connectivity index (χ0v) is 15.7. The Kier molecular flexibility index (Phi) is 4.73. The number of aromatic nitrogens is 3. The second-order valence-corrected chi connectivity index (χ2v) is 8.71. The summed E-state index contributed by atoms with van der Waals surface area (Å²) in [6.45, 7) is 0.515. The number of benzene rings is 1. The highest BCUT2D eigenvalue weighted by molar-refractivity contribution is 7.91. The molecule has 0 radical (unpaired) electrons. The van der Waals surface area contributed by atoms with E-state index in [1.807, 2.05) is 10.6 Å². The van der Waals surface area contributed by atoms with Crippen molar-refractivity contribution in [3.8, 4) is 11.4 Å². The summed E-state index contributed by atoms with van der Waals surface area (Å²) < 4.78 is 42.6. The van der Waals surface area contributed by atoms with Crippen LogP contribution < -0.4 is 4.72 Å². The van der Waals surface area contributed by atoms with Crippen LogP contribution in [0.15, 0.2) is 64.3 Å². The monoisotopic (exact) mass is 402 g/mol. The predicted molar refractivity (Wildman–Crippen MR) is 102 cm³/mol. The molecule has 1 N–H and O–H groups in total. The number of pyridine rings is 1. The lowest BCUT2D eigenvalue weighted by atomic mass is 10.2. The molecule has 0 bridgehead atoms. The molecule has 4 aromatic rings. The average Bonchev–Trinajstić information content (AvgIpc) is 3.31. The summed E-state index contributed by atoms with van der Waals surface area (Å²) in [5.74, 6) is 0.280. The second kappa shape index (κ2) is 7.18. The van der Waals surface area contributed by atoms with E-state index < -0.39 is 10.0 Å². The van der Waals surface area contributed by atoms with Gasteiger partial charge in [0.2, 0.25) is 10.0 Å². The van der Waals surface area contributed by atoms with Crippen LogP contribution in [-0.4, -0.2) is 29.5 Å². The molecule has 0 aliphatic heterocycles. The van der Waals surface area contributed by atoms with Crippen LogP contribution in [0, 0.1) is 5.82 Å². The summed E-state index contributed by atoms with van der Waals surface area (Å²) in [5, 5.41) is 1.72. The SMILES string of the molecule is O=S(=O)(NCCn1c(-c2ccc(F)cc2)nc2cccnc21)c1cccs1. The van der Waals surface area contributed by atoms with Gasteiger partial charge in [-0.3, -0.25) is 0 Å². The summed E-state index contributed by atoms with van der Waals surface area (Å²) in [6, 6.07) is 12.9. The quantitative estimate of drug-likeness (QED) is 0.537. The van der Waals surface area contributed by atoms with E-state index in [1.54, 1.807) is 41.9 Å². The van der Waals surface area contributed by atoms with Crippen molar-refractivity contribution >= 4 is 32.5 Å². The third kappa shape index (κ3) is 3.61. The van der Waals surface area contributed by atoms with Crippen molar-refractivity contribution in [2.45, 2.75) is 10.8 Å². The fourth-order valence-corrected chi connectivity index (χ4v) is 4.83. The fourth-order valence-electron chi connectivity index (χ4n) is 2.77. The molecule has 0 amide bonds. The Morgan fingerprint density at radius 2 is 1.93 bits per heavy atom. The Bertz CT molecular complexity index is 1170. The number of thiophene rings is 1. The minimum absolute atomic E-state index is 0.177. The first-order valence-corrected chi connectivity index (χ1v) is 10.5. The molecule has 0 aliphatic carbocycles. The lowest BCUT2D eigenvalue weighted by Crippen LogP contribution is -2.27. The average molecular weight is 402 g/mol. The highest BCUT2D eigenvalue weighted by Crippen LogP contribution is 2.24. The third-order valence-corrected chi connectivity index (χ3v) is 6.85. The molecule has 27 heavy (non-hydrogen) atoms. The molecule has 0 unspecified atom stereocenters. The molecule has 0 spiro atoms. The molecule has 3 aromatic heterocycles. The molecule has 4 rings (SSSR count). The molecule has 3 heterocycles. The highest BCUT2D eigenvalue weighted by Gasteiger charge is 2.17. The van der Waals surface area contributed by atoms with E-state index in [9.17, 15) is 12.8 Å². The minimum atomic E-state index is -3.54. The summed E-state index contributed by atoms with van der Waals surface area (Å²) in [4.78, 5) is 8.94. The van der Waals surface area contributed by atoms with Crippen molar-refractivity contribution in [1.82, 2.24) is 19.3 Å². The molecule has 1 aromatic carbocycles. The number of imidazole rings is 1. The molecule has 0 atom stereocenters. The summed E-state index contributed by atoms with van der Waals surface area (Å²) >= 11 is 1.16. The number of fused-ring (bicyclic) bond motifs is 1. The standard InChI is InChI=1S/C18H15FN4O2S2/c19-14-7-5-13(6-8-14)17-22-15-3-1-9-20-18(15)23(17)11-10-21-27(24,25)16-4-2-12-26-16/h1-9,12,21H,10-11H2. The van der Waals surface area contributed by atoms with E-state index >= 15 is 0 Å². The number of nitrogens with zero attached hydrogens (tertiary/aromatic N) is 3. The Morgan fingerprint density at radius 1 is 1.11 bits per heavy atom. The smallest absolute Gasteiger partial charge is 0.250 e. The van der Waals surface area contributed by atoms with Crippen LogP contribution in [0.5, 0.6) is 0 Å². The molecule has 0 saturated carbocycles. The molecule has 138 valence electrons. The van der Waals surface area contributed by atoms with Gasteiger partial charge in [0, 0.05) is 24.8 Å². The molecular formula is C18H15FN4O2S2. The third-order valence-electron chi connectivity index (χ3n) is 3.99. The van der Waals surface area contributed by atoms with E-state index in [4.69, 9.17) is 0 Å². The van der Waals surface area contributed by atoms with E-state index in [0.29, 0.717) is 23.5 Å². The second-order valence-electron chi connectivity index (χ2n) is 5.77. The maximum atomic E-state index is 13.3. The van der Waals surface area contributed by atoms with Crippen LogP contribution in [0.3, 0.4) is 0 Å². The van der Waals surface area contributed by atoms with Gasteiger partial charge in [-0.15, -0.1) is 11.3 Å². The summed E-state index contributed by atoms with van der Waals surface area (Å²) in [7, 11) is -3.54. The van der Waals surface area contributed by atoms with Crippen molar-refractivity contribution in [2.24, 2.45) is 0 Å². The van der Waals surface area contributed by atoms with Crippen molar-refractivity contribution in [3.05, 3.63) is 65.9 Å². The first kappa shape index (κ1) is 17.8. The van der Waals surface area contributed by atoms with E-state index in [-0.39, 0.29) is 16.6 Å². The molecule has 0 fully saturated rings. The number of rotatable bonds is 6. The van der Waals surface area contributed by atoms with Crippen molar-refractivity contribution in [3.63, 3.8) is 0 Å². The van der Waals surface area contributed by atoms with Gasteiger partial charge in [-0.2, -0.15) is 0 Å². The predicted octanol–water partition coefficient (Wildman–Crippen LogP) is 3.28. The zero-order chi connectivity index (χ0) is 18.9. The molecule has 6 nitrogen and oxygen atoms in total. The van der Waals surface area contributed by atoms with Gasteiger partial charge >= 0.3 is 0 Å². The Labute approximate surface area is 159 Å². The van der Waals surface area contributed by atoms with Gasteiger partial charge in [-0.1, -0.05) is 6.07 Å². The molecule has 0 aliphatic rings. The fraction of sp³-hybridized carbons (Fsp3) is 0.111. The number of hydrogen-bond donors (Lipinski definition) is 1. The van der Waals surface area contributed by atoms with Gasteiger partial charge in [0.25, 0.3) is 0 Å². The largest absolute Gasteiger partial charge is 0.307 e. The van der Waals surface area contributed by atoms with Crippen LogP contribution in [-0.2, 0) is 16.6 Å². The first-order valence-electron chi connectivity index (χ1n) is 8.15. The van der Waals surface area contributed by atoms with Gasteiger partial charge in [0.15, 0.2) is 5.65 Å². The van der Waals surface area contributed by atoms with Gasteiger partial charge in [-0.25, -0.2) is 27.5 Å². The maximum absolute atomic E-state index is 13.3. The highest BCUT2D eigenvalue weighted by atomic mass is 32.2. The Morgan fingerprint density at radius 3 is 2.67 bits per heavy atom. The van der Waals surface area contributed by atoms with Crippen LogP contribution in [0.2, 0.25) is 0 Å². The number of nitrogens with one attached hydrogen (secondary N) is 1. The van der Waals surface area contributed by atoms with E-state index in [1.165, 1.54) is 12.1 Å². The van der Waals surface area contributed by atoms with E-state index in [0.717, 1.165) is 16.9 Å². The van der Waals surface area contributed by atoms with Crippen LogP contribution in [0.25, 0.3) is 22.6 Å². The van der Waals surface area contributed by atoms with Crippen molar-refractivity contribution < 1.29 is 12.8 Å².